The molecule has 1 heterocycles. The molecule has 0 aliphatic heterocycles. The van der Waals surface area contributed by atoms with Gasteiger partial charge in [-0.05, 0) is 30.9 Å². The predicted molar refractivity (Wildman–Crippen MR) is 108 cm³/mol. The Morgan fingerprint density at radius 1 is 1.26 bits per heavy atom. The van der Waals surface area contributed by atoms with Crippen molar-refractivity contribution >= 4 is 41.7 Å². The van der Waals surface area contributed by atoms with Gasteiger partial charge in [0.2, 0.25) is 0 Å². The molecule has 0 saturated carbocycles. The van der Waals surface area contributed by atoms with Crippen molar-refractivity contribution in [1.29, 1.82) is 0 Å². The molecule has 2 aromatic rings. The highest BCUT2D eigenvalue weighted by atomic mass is 127. The number of hydrogen-bond donors (Lipinski definition) is 2. The maximum atomic E-state index is 4.60. The highest BCUT2D eigenvalue weighted by Crippen LogP contribution is 2.08. The van der Waals surface area contributed by atoms with Gasteiger partial charge in [-0.25, -0.2) is 14.7 Å². The van der Waals surface area contributed by atoms with Crippen molar-refractivity contribution in [2.45, 2.75) is 13.5 Å². The number of hydrogen-bond acceptors (Lipinski definition) is 4. The fourth-order valence-electron chi connectivity index (χ4n) is 1.88. The second kappa shape index (κ2) is 11.3. The molecule has 126 valence electrons. The molecule has 6 nitrogen and oxygen atoms in total. The smallest absolute Gasteiger partial charge is 0.191 e. The standard InChI is InChI=1S/C15H22N6S.HI/c1-3-17-15(18-8-9-22-2)19-10-13-4-6-14(7-5-13)21-12-16-11-20-21;/h4-7,11-12H,3,8-10H2,1-2H3,(H2,17,18,19);1H. The quantitative estimate of drug-likeness (QED) is 0.296. The lowest BCUT2D eigenvalue weighted by Gasteiger charge is -2.10. The van der Waals surface area contributed by atoms with Crippen LogP contribution in [-0.2, 0) is 6.54 Å². The van der Waals surface area contributed by atoms with Crippen LogP contribution in [-0.4, -0.2) is 45.8 Å². The zero-order valence-electron chi connectivity index (χ0n) is 13.4. The van der Waals surface area contributed by atoms with Gasteiger partial charge in [0.25, 0.3) is 0 Å². The van der Waals surface area contributed by atoms with Crippen LogP contribution < -0.4 is 10.6 Å². The van der Waals surface area contributed by atoms with Gasteiger partial charge in [0, 0.05) is 18.8 Å². The Morgan fingerprint density at radius 2 is 2.04 bits per heavy atom. The summed E-state index contributed by atoms with van der Waals surface area (Å²) in [5.74, 6) is 1.92. The SMILES string of the molecule is CCNC(=NCc1ccc(-n2cncn2)cc1)NCCSC.I. The largest absolute Gasteiger partial charge is 0.357 e. The predicted octanol–water partition coefficient (Wildman–Crippen LogP) is 2.30. The lowest BCUT2D eigenvalue weighted by atomic mass is 10.2. The molecule has 2 N–H and O–H groups in total. The highest BCUT2D eigenvalue weighted by molar-refractivity contribution is 14.0. The van der Waals surface area contributed by atoms with Crippen molar-refractivity contribution in [2.75, 3.05) is 25.1 Å². The maximum Gasteiger partial charge on any atom is 0.191 e. The van der Waals surface area contributed by atoms with E-state index < -0.39 is 0 Å². The van der Waals surface area contributed by atoms with Crippen LogP contribution in [0.2, 0.25) is 0 Å². The minimum absolute atomic E-state index is 0. The molecule has 0 aliphatic carbocycles. The molecule has 0 radical (unpaired) electrons. The van der Waals surface area contributed by atoms with E-state index in [9.17, 15) is 0 Å². The molecule has 0 unspecified atom stereocenters. The third-order valence-electron chi connectivity index (χ3n) is 2.98. The zero-order valence-corrected chi connectivity index (χ0v) is 16.5. The van der Waals surface area contributed by atoms with E-state index in [1.807, 2.05) is 23.9 Å². The highest BCUT2D eigenvalue weighted by Gasteiger charge is 1.99. The number of thioether (sulfide) groups is 1. The van der Waals surface area contributed by atoms with Crippen LogP contribution in [0.3, 0.4) is 0 Å². The van der Waals surface area contributed by atoms with Crippen LogP contribution in [0.15, 0.2) is 41.9 Å². The summed E-state index contributed by atoms with van der Waals surface area (Å²) < 4.78 is 1.74. The lowest BCUT2D eigenvalue weighted by Crippen LogP contribution is -2.38. The first kappa shape index (κ1) is 19.8. The van der Waals surface area contributed by atoms with Gasteiger partial charge in [0.05, 0.1) is 12.2 Å². The van der Waals surface area contributed by atoms with Crippen molar-refractivity contribution in [3.63, 3.8) is 0 Å². The van der Waals surface area contributed by atoms with Gasteiger partial charge < -0.3 is 10.6 Å². The zero-order chi connectivity index (χ0) is 15.6. The van der Waals surface area contributed by atoms with E-state index in [0.717, 1.165) is 36.1 Å². The van der Waals surface area contributed by atoms with E-state index in [2.05, 4.69) is 51.0 Å². The molecular formula is C15H23IN6S. The molecule has 23 heavy (non-hydrogen) atoms. The average molecular weight is 446 g/mol. The van der Waals surface area contributed by atoms with E-state index in [0.29, 0.717) is 6.54 Å². The maximum absolute atomic E-state index is 4.60. The number of nitrogens with zero attached hydrogens (tertiary/aromatic N) is 4. The Balaban J connectivity index is 0.00000264. The summed E-state index contributed by atoms with van der Waals surface area (Å²) in [5.41, 5.74) is 2.15. The van der Waals surface area contributed by atoms with E-state index >= 15 is 0 Å². The fourth-order valence-corrected chi connectivity index (χ4v) is 2.19. The Morgan fingerprint density at radius 3 is 2.65 bits per heavy atom. The van der Waals surface area contributed by atoms with Crippen molar-refractivity contribution < 1.29 is 0 Å². The van der Waals surface area contributed by atoms with Gasteiger partial charge in [-0.15, -0.1) is 24.0 Å². The normalized spacial score (nSPS) is 11.0. The summed E-state index contributed by atoms with van der Waals surface area (Å²) in [6.45, 7) is 4.49. The second-order valence-electron chi connectivity index (χ2n) is 4.62. The molecule has 8 heteroatoms. The van der Waals surface area contributed by atoms with Crippen LogP contribution in [0.25, 0.3) is 5.69 Å². The Kier molecular flexibility index (Phi) is 9.69. The number of guanidine groups is 1. The summed E-state index contributed by atoms with van der Waals surface area (Å²) in [6.07, 6.45) is 5.32. The van der Waals surface area contributed by atoms with Crippen molar-refractivity contribution in [3.8, 4) is 5.69 Å². The summed E-state index contributed by atoms with van der Waals surface area (Å²) >= 11 is 1.82. The third-order valence-corrected chi connectivity index (χ3v) is 3.59. The minimum atomic E-state index is 0. The lowest BCUT2D eigenvalue weighted by molar-refractivity contribution is 0.842. The van der Waals surface area contributed by atoms with Crippen LogP contribution in [0.1, 0.15) is 12.5 Å². The van der Waals surface area contributed by atoms with Gasteiger partial charge >= 0.3 is 0 Å². The van der Waals surface area contributed by atoms with Gasteiger partial charge in [0.1, 0.15) is 12.7 Å². The number of aromatic nitrogens is 3. The summed E-state index contributed by atoms with van der Waals surface area (Å²) in [5, 5.41) is 10.7. The molecule has 0 bridgehead atoms. The van der Waals surface area contributed by atoms with Gasteiger partial charge in [-0.2, -0.15) is 16.9 Å². The van der Waals surface area contributed by atoms with Crippen molar-refractivity contribution in [3.05, 3.63) is 42.5 Å². The number of benzene rings is 1. The van der Waals surface area contributed by atoms with Crippen LogP contribution in [0.4, 0.5) is 0 Å². The molecule has 1 aromatic carbocycles. The molecular weight excluding hydrogens is 423 g/mol. The number of rotatable bonds is 7. The average Bonchev–Trinajstić information content (AvgIpc) is 3.08. The molecule has 0 fully saturated rings. The third kappa shape index (κ3) is 6.78. The monoisotopic (exact) mass is 446 g/mol. The Labute approximate surface area is 158 Å². The summed E-state index contributed by atoms with van der Waals surface area (Å²) in [7, 11) is 0. The first-order chi connectivity index (χ1) is 10.8. The number of aliphatic imine (C=N–C) groups is 1. The summed E-state index contributed by atoms with van der Waals surface area (Å²) in [4.78, 5) is 8.55. The topological polar surface area (TPSA) is 67.1 Å². The van der Waals surface area contributed by atoms with E-state index in [1.54, 1.807) is 11.0 Å². The minimum Gasteiger partial charge on any atom is -0.357 e. The van der Waals surface area contributed by atoms with Crippen molar-refractivity contribution in [2.24, 2.45) is 4.99 Å². The van der Waals surface area contributed by atoms with E-state index in [1.165, 1.54) is 6.33 Å². The van der Waals surface area contributed by atoms with E-state index in [4.69, 9.17) is 0 Å². The fraction of sp³-hybridized carbons (Fsp3) is 0.400. The summed E-state index contributed by atoms with van der Waals surface area (Å²) in [6, 6.07) is 8.17. The first-order valence-electron chi connectivity index (χ1n) is 7.28. The van der Waals surface area contributed by atoms with Crippen molar-refractivity contribution in [1.82, 2.24) is 25.4 Å². The molecule has 0 aliphatic rings. The second-order valence-corrected chi connectivity index (χ2v) is 5.61. The van der Waals surface area contributed by atoms with Crippen LogP contribution in [0, 0.1) is 0 Å². The molecule has 0 saturated heterocycles. The van der Waals surface area contributed by atoms with Crippen LogP contribution >= 0.6 is 35.7 Å². The van der Waals surface area contributed by atoms with E-state index in [-0.39, 0.29) is 24.0 Å². The Bertz CT molecular complexity index is 570. The van der Waals surface area contributed by atoms with Gasteiger partial charge in [-0.3, -0.25) is 0 Å². The van der Waals surface area contributed by atoms with Gasteiger partial charge in [0.15, 0.2) is 5.96 Å². The molecule has 0 spiro atoms. The molecule has 1 aromatic heterocycles. The Hall–Kier alpha value is -1.29. The molecule has 0 atom stereocenters. The first-order valence-corrected chi connectivity index (χ1v) is 8.68. The molecule has 2 rings (SSSR count). The number of halogens is 1. The molecule has 0 amide bonds. The van der Waals surface area contributed by atoms with Gasteiger partial charge in [-0.1, -0.05) is 12.1 Å². The van der Waals surface area contributed by atoms with Crippen LogP contribution in [0.5, 0.6) is 0 Å². The number of nitrogens with one attached hydrogen (secondary N) is 2.